The Labute approximate surface area is 212 Å². The highest BCUT2D eigenvalue weighted by atomic mass is 35.5. The molecular formula is C25H21ClN4O5S. The van der Waals surface area contributed by atoms with Gasteiger partial charge in [0.2, 0.25) is 10.0 Å². The Bertz CT molecular complexity index is 1530. The molecule has 0 radical (unpaired) electrons. The number of aryl methyl sites for hydroxylation is 2. The minimum absolute atomic E-state index is 0.0806. The van der Waals surface area contributed by atoms with E-state index in [2.05, 4.69) is 10.6 Å². The molecule has 1 heterocycles. The summed E-state index contributed by atoms with van der Waals surface area (Å²) in [6, 6.07) is 17.1. The van der Waals surface area contributed by atoms with Gasteiger partial charge in [0.25, 0.3) is 17.7 Å². The molecule has 4 rings (SSSR count). The molecule has 3 aromatic rings. The van der Waals surface area contributed by atoms with E-state index in [1.165, 1.54) is 30.3 Å². The highest BCUT2D eigenvalue weighted by Gasteiger charge is 2.39. The van der Waals surface area contributed by atoms with E-state index in [1.54, 1.807) is 43.3 Å². The van der Waals surface area contributed by atoms with Crippen LogP contribution in [-0.2, 0) is 19.6 Å². The Hall–Kier alpha value is -3.99. The lowest BCUT2D eigenvalue weighted by Crippen LogP contribution is -2.32. The van der Waals surface area contributed by atoms with Crippen LogP contribution in [0.4, 0.5) is 17.1 Å². The van der Waals surface area contributed by atoms with Crippen molar-refractivity contribution in [2.24, 2.45) is 5.14 Å². The third kappa shape index (κ3) is 5.01. The van der Waals surface area contributed by atoms with Crippen LogP contribution in [0.25, 0.3) is 0 Å². The number of sulfonamides is 1. The SMILES string of the molecule is Cc1ccc(N2C(=O)C(Cl)=C(Nc3cc(C(=O)Nc4ccc(S(N)(=O)=O)cc4)ccc3C)C2=O)cc1. The molecule has 36 heavy (non-hydrogen) atoms. The number of imide groups is 1. The lowest BCUT2D eigenvalue weighted by Gasteiger charge is -2.16. The van der Waals surface area contributed by atoms with Crippen LogP contribution in [0, 0.1) is 13.8 Å². The molecule has 1 aliphatic rings. The first-order chi connectivity index (χ1) is 17.0. The Morgan fingerprint density at radius 2 is 1.56 bits per heavy atom. The van der Waals surface area contributed by atoms with E-state index in [-0.39, 0.29) is 21.2 Å². The Kier molecular flexibility index (Phi) is 6.68. The first kappa shape index (κ1) is 25.1. The van der Waals surface area contributed by atoms with E-state index in [9.17, 15) is 22.8 Å². The maximum Gasteiger partial charge on any atom is 0.283 e. The maximum absolute atomic E-state index is 13.1. The number of nitrogens with zero attached hydrogens (tertiary/aromatic N) is 1. The molecule has 0 atom stereocenters. The second kappa shape index (κ2) is 9.57. The summed E-state index contributed by atoms with van der Waals surface area (Å²) in [5.74, 6) is -1.74. The number of nitrogens with one attached hydrogen (secondary N) is 2. The number of carbonyl (C=O) groups excluding carboxylic acids is 3. The predicted molar refractivity (Wildman–Crippen MR) is 137 cm³/mol. The van der Waals surface area contributed by atoms with Crippen molar-refractivity contribution in [3.8, 4) is 0 Å². The molecule has 0 bridgehead atoms. The first-order valence-electron chi connectivity index (χ1n) is 10.6. The molecular weight excluding hydrogens is 504 g/mol. The fourth-order valence-corrected chi connectivity index (χ4v) is 4.23. The standard InChI is InChI=1S/C25H21ClN4O5S/c1-14-3-9-18(10-4-14)30-24(32)21(26)22(25(30)33)29-20-13-16(6-5-15(20)2)23(31)28-17-7-11-19(12-8-17)36(27,34)35/h3-13,29H,1-2H3,(H,28,31)(H2,27,34,35). The third-order valence-electron chi connectivity index (χ3n) is 5.52. The highest BCUT2D eigenvalue weighted by Crippen LogP contribution is 2.31. The third-order valence-corrected chi connectivity index (χ3v) is 6.80. The van der Waals surface area contributed by atoms with Crippen molar-refractivity contribution in [2.75, 3.05) is 15.5 Å². The van der Waals surface area contributed by atoms with Gasteiger partial charge in [-0.25, -0.2) is 18.5 Å². The highest BCUT2D eigenvalue weighted by molar-refractivity contribution is 7.89. The summed E-state index contributed by atoms with van der Waals surface area (Å²) in [6.07, 6.45) is 0. The van der Waals surface area contributed by atoms with Crippen molar-refractivity contribution in [1.82, 2.24) is 0 Å². The summed E-state index contributed by atoms with van der Waals surface area (Å²) >= 11 is 6.23. The summed E-state index contributed by atoms with van der Waals surface area (Å²) in [5, 5.41) is 10.4. The number of nitrogens with two attached hydrogens (primary N) is 1. The fourth-order valence-electron chi connectivity index (χ4n) is 3.50. The molecule has 0 saturated heterocycles. The summed E-state index contributed by atoms with van der Waals surface area (Å²) < 4.78 is 22.8. The van der Waals surface area contributed by atoms with E-state index in [0.717, 1.165) is 10.5 Å². The number of hydrogen-bond acceptors (Lipinski definition) is 6. The van der Waals surface area contributed by atoms with Crippen molar-refractivity contribution in [3.63, 3.8) is 0 Å². The van der Waals surface area contributed by atoms with Crippen LogP contribution >= 0.6 is 11.6 Å². The van der Waals surface area contributed by atoms with Crippen LogP contribution in [0.2, 0.25) is 0 Å². The molecule has 0 aromatic heterocycles. The minimum atomic E-state index is -3.85. The van der Waals surface area contributed by atoms with Gasteiger partial charge in [-0.05, 0) is 67.9 Å². The molecule has 184 valence electrons. The number of halogens is 1. The summed E-state index contributed by atoms with van der Waals surface area (Å²) in [5.41, 5.74) is 3.00. The Morgan fingerprint density at radius 1 is 0.917 bits per heavy atom. The molecule has 4 N–H and O–H groups in total. The quantitative estimate of drug-likeness (QED) is 0.421. The molecule has 0 aliphatic carbocycles. The van der Waals surface area contributed by atoms with Crippen LogP contribution in [0.15, 0.2) is 82.4 Å². The van der Waals surface area contributed by atoms with E-state index in [4.69, 9.17) is 16.7 Å². The maximum atomic E-state index is 13.1. The molecule has 11 heteroatoms. The average Bonchev–Trinajstić information content (AvgIpc) is 3.04. The van der Waals surface area contributed by atoms with Crippen LogP contribution < -0.4 is 20.7 Å². The number of anilines is 3. The van der Waals surface area contributed by atoms with E-state index < -0.39 is 27.7 Å². The van der Waals surface area contributed by atoms with E-state index in [1.807, 2.05) is 6.92 Å². The van der Waals surface area contributed by atoms with Gasteiger partial charge < -0.3 is 10.6 Å². The van der Waals surface area contributed by atoms with Gasteiger partial charge in [-0.15, -0.1) is 0 Å². The van der Waals surface area contributed by atoms with Gasteiger partial charge in [0.05, 0.1) is 10.6 Å². The lowest BCUT2D eigenvalue weighted by molar-refractivity contribution is -0.120. The summed E-state index contributed by atoms with van der Waals surface area (Å²) in [4.78, 5) is 39.5. The smallest absolute Gasteiger partial charge is 0.283 e. The van der Waals surface area contributed by atoms with Gasteiger partial charge in [0, 0.05) is 16.9 Å². The summed E-state index contributed by atoms with van der Waals surface area (Å²) in [6.45, 7) is 3.66. The normalized spacial score (nSPS) is 13.8. The number of hydrogen-bond donors (Lipinski definition) is 3. The molecule has 1 aliphatic heterocycles. The second-order valence-corrected chi connectivity index (χ2v) is 10.1. The Balaban J connectivity index is 1.55. The molecule has 0 fully saturated rings. The number of amides is 3. The van der Waals surface area contributed by atoms with E-state index in [0.29, 0.717) is 22.6 Å². The Morgan fingerprint density at radius 3 is 2.17 bits per heavy atom. The van der Waals surface area contributed by atoms with Crippen molar-refractivity contribution >= 4 is 56.4 Å². The van der Waals surface area contributed by atoms with E-state index >= 15 is 0 Å². The van der Waals surface area contributed by atoms with Gasteiger partial charge in [-0.3, -0.25) is 14.4 Å². The van der Waals surface area contributed by atoms with Gasteiger partial charge in [-0.1, -0.05) is 35.4 Å². The topological polar surface area (TPSA) is 139 Å². The van der Waals surface area contributed by atoms with Crippen LogP contribution in [0.1, 0.15) is 21.5 Å². The van der Waals surface area contributed by atoms with Gasteiger partial charge in [-0.2, -0.15) is 0 Å². The average molecular weight is 525 g/mol. The van der Waals surface area contributed by atoms with Crippen LogP contribution in [-0.4, -0.2) is 26.1 Å². The lowest BCUT2D eigenvalue weighted by atomic mass is 10.1. The zero-order valence-electron chi connectivity index (χ0n) is 19.2. The number of carbonyl (C=O) groups is 3. The number of primary sulfonamides is 1. The molecule has 9 nitrogen and oxygen atoms in total. The largest absolute Gasteiger partial charge is 0.349 e. The van der Waals surface area contributed by atoms with Crippen LogP contribution in [0.5, 0.6) is 0 Å². The monoisotopic (exact) mass is 524 g/mol. The number of rotatable bonds is 6. The van der Waals surface area contributed by atoms with Gasteiger partial charge in [0.1, 0.15) is 10.7 Å². The predicted octanol–water partition coefficient (Wildman–Crippen LogP) is 3.64. The molecule has 3 aromatic carbocycles. The van der Waals surface area contributed by atoms with Crippen molar-refractivity contribution < 1.29 is 22.8 Å². The molecule has 0 spiro atoms. The second-order valence-electron chi connectivity index (χ2n) is 8.15. The van der Waals surface area contributed by atoms with Crippen LogP contribution in [0.3, 0.4) is 0 Å². The zero-order valence-corrected chi connectivity index (χ0v) is 20.8. The first-order valence-corrected chi connectivity index (χ1v) is 12.6. The molecule has 0 unspecified atom stereocenters. The summed E-state index contributed by atoms with van der Waals surface area (Å²) in [7, 11) is -3.85. The molecule has 3 amide bonds. The van der Waals surface area contributed by atoms with Gasteiger partial charge >= 0.3 is 0 Å². The minimum Gasteiger partial charge on any atom is -0.349 e. The number of benzene rings is 3. The molecule has 0 saturated carbocycles. The van der Waals surface area contributed by atoms with Gasteiger partial charge in [0.15, 0.2) is 0 Å². The van der Waals surface area contributed by atoms with Crippen molar-refractivity contribution in [2.45, 2.75) is 18.7 Å². The van der Waals surface area contributed by atoms with Crippen molar-refractivity contribution in [1.29, 1.82) is 0 Å². The zero-order chi connectivity index (χ0) is 26.2. The van der Waals surface area contributed by atoms with Crippen molar-refractivity contribution in [3.05, 3.63) is 94.1 Å². The fraction of sp³-hybridized carbons (Fsp3) is 0.0800.